The summed E-state index contributed by atoms with van der Waals surface area (Å²) >= 11 is 10.6. The van der Waals surface area contributed by atoms with Crippen molar-refractivity contribution in [2.45, 2.75) is 9.79 Å². The fourth-order valence-electron chi connectivity index (χ4n) is 1.58. The SMILES string of the molecule is CSc1ccccc1NS(=O)(=O)c1ccc(Cl)c(Br)c1. The fraction of sp³-hybridized carbons (Fsp3) is 0.0769. The number of nitrogens with one attached hydrogen (secondary N) is 1. The summed E-state index contributed by atoms with van der Waals surface area (Å²) in [6.45, 7) is 0. The lowest BCUT2D eigenvalue weighted by Gasteiger charge is -2.11. The van der Waals surface area contributed by atoms with Crippen molar-refractivity contribution in [3.8, 4) is 0 Å². The molecule has 3 nitrogen and oxygen atoms in total. The average Bonchev–Trinajstić information content (AvgIpc) is 2.42. The van der Waals surface area contributed by atoms with Crippen LogP contribution in [0.5, 0.6) is 0 Å². The molecule has 2 aromatic rings. The zero-order valence-corrected chi connectivity index (χ0v) is 14.4. The molecule has 0 bridgehead atoms. The van der Waals surface area contributed by atoms with Gasteiger partial charge in [0.05, 0.1) is 15.6 Å². The Balaban J connectivity index is 2.38. The number of benzene rings is 2. The highest BCUT2D eigenvalue weighted by atomic mass is 79.9. The minimum Gasteiger partial charge on any atom is -0.278 e. The molecule has 0 aliphatic rings. The highest BCUT2D eigenvalue weighted by Gasteiger charge is 2.16. The third-order valence-corrected chi connectivity index (χ3v) is 5.93. The lowest BCUT2D eigenvalue weighted by Crippen LogP contribution is -2.13. The zero-order chi connectivity index (χ0) is 14.8. The molecule has 0 aliphatic heterocycles. The maximum Gasteiger partial charge on any atom is 0.261 e. The van der Waals surface area contributed by atoms with Crippen LogP contribution in [0.1, 0.15) is 0 Å². The van der Waals surface area contributed by atoms with E-state index in [4.69, 9.17) is 11.6 Å². The van der Waals surface area contributed by atoms with E-state index in [0.29, 0.717) is 15.2 Å². The van der Waals surface area contributed by atoms with Crippen LogP contribution in [0.3, 0.4) is 0 Å². The molecule has 2 aromatic carbocycles. The van der Waals surface area contributed by atoms with Crippen molar-refractivity contribution in [1.82, 2.24) is 0 Å². The first-order valence-electron chi connectivity index (χ1n) is 5.55. The van der Waals surface area contributed by atoms with Gasteiger partial charge in [-0.05, 0) is 52.5 Å². The minimum absolute atomic E-state index is 0.157. The van der Waals surface area contributed by atoms with Gasteiger partial charge in [-0.2, -0.15) is 0 Å². The van der Waals surface area contributed by atoms with E-state index in [1.54, 1.807) is 18.2 Å². The van der Waals surface area contributed by atoms with E-state index >= 15 is 0 Å². The standard InChI is InChI=1S/C13H11BrClNO2S2/c1-19-13-5-3-2-4-12(13)16-20(17,18)9-6-7-11(15)10(14)8-9/h2-8,16H,1H3. The second-order valence-electron chi connectivity index (χ2n) is 3.88. The largest absolute Gasteiger partial charge is 0.278 e. The van der Waals surface area contributed by atoms with Crippen LogP contribution in [0.2, 0.25) is 5.02 Å². The van der Waals surface area contributed by atoms with Gasteiger partial charge in [0, 0.05) is 9.37 Å². The van der Waals surface area contributed by atoms with Gasteiger partial charge in [-0.1, -0.05) is 23.7 Å². The Labute approximate surface area is 135 Å². The van der Waals surface area contributed by atoms with E-state index in [1.807, 2.05) is 18.4 Å². The zero-order valence-electron chi connectivity index (χ0n) is 10.4. The second kappa shape index (κ2) is 6.39. The van der Waals surface area contributed by atoms with Crippen molar-refractivity contribution in [2.24, 2.45) is 0 Å². The lowest BCUT2D eigenvalue weighted by atomic mass is 10.3. The van der Waals surface area contributed by atoms with Crippen molar-refractivity contribution < 1.29 is 8.42 Å². The molecular weight excluding hydrogens is 382 g/mol. The van der Waals surface area contributed by atoms with Gasteiger partial charge in [-0.25, -0.2) is 8.42 Å². The summed E-state index contributed by atoms with van der Waals surface area (Å²) in [4.78, 5) is 1.02. The maximum absolute atomic E-state index is 12.3. The number of anilines is 1. The highest BCUT2D eigenvalue weighted by molar-refractivity contribution is 9.10. The van der Waals surface area contributed by atoms with Gasteiger partial charge in [0.1, 0.15) is 0 Å². The lowest BCUT2D eigenvalue weighted by molar-refractivity contribution is 0.601. The first-order chi connectivity index (χ1) is 9.44. The predicted octanol–water partition coefficient (Wildman–Crippen LogP) is 4.63. The first kappa shape index (κ1) is 15.7. The van der Waals surface area contributed by atoms with Crippen LogP contribution in [0.25, 0.3) is 0 Å². The van der Waals surface area contributed by atoms with Crippen molar-refractivity contribution in [1.29, 1.82) is 0 Å². The number of thioether (sulfide) groups is 1. The van der Waals surface area contributed by atoms with E-state index < -0.39 is 10.0 Å². The maximum atomic E-state index is 12.3. The van der Waals surface area contributed by atoms with Gasteiger partial charge in [-0.3, -0.25) is 4.72 Å². The van der Waals surface area contributed by atoms with E-state index in [9.17, 15) is 8.42 Å². The number of hydrogen-bond acceptors (Lipinski definition) is 3. The number of para-hydroxylation sites is 1. The van der Waals surface area contributed by atoms with Crippen molar-refractivity contribution in [3.63, 3.8) is 0 Å². The summed E-state index contributed by atoms with van der Waals surface area (Å²) in [6, 6.07) is 11.7. The van der Waals surface area contributed by atoms with Gasteiger partial charge in [0.25, 0.3) is 10.0 Å². The molecule has 0 fully saturated rings. The Morgan fingerprint density at radius 2 is 1.90 bits per heavy atom. The van der Waals surface area contributed by atoms with Crippen molar-refractivity contribution in [2.75, 3.05) is 11.0 Å². The smallest absolute Gasteiger partial charge is 0.261 e. The van der Waals surface area contributed by atoms with Crippen molar-refractivity contribution in [3.05, 3.63) is 52.0 Å². The van der Waals surface area contributed by atoms with Crippen molar-refractivity contribution >= 4 is 55.0 Å². The van der Waals surface area contributed by atoms with Crippen LogP contribution >= 0.6 is 39.3 Å². The minimum atomic E-state index is -3.64. The number of sulfonamides is 1. The van der Waals surface area contributed by atoms with Gasteiger partial charge in [0.2, 0.25) is 0 Å². The predicted molar refractivity (Wildman–Crippen MR) is 88.2 cm³/mol. The van der Waals surface area contributed by atoms with Gasteiger partial charge in [0.15, 0.2) is 0 Å². The molecule has 0 spiro atoms. The molecule has 2 rings (SSSR count). The summed E-state index contributed by atoms with van der Waals surface area (Å²) in [6.07, 6.45) is 1.89. The molecule has 0 aliphatic carbocycles. The average molecular weight is 393 g/mol. The number of rotatable bonds is 4. The monoisotopic (exact) mass is 391 g/mol. The Bertz CT molecular complexity index is 735. The normalized spacial score (nSPS) is 11.3. The second-order valence-corrected chi connectivity index (χ2v) is 7.67. The summed E-state index contributed by atoms with van der Waals surface area (Å²) < 4.78 is 27.8. The molecule has 0 unspecified atom stereocenters. The van der Waals surface area contributed by atoms with Gasteiger partial charge < -0.3 is 0 Å². The molecule has 0 amide bonds. The van der Waals surface area contributed by atoms with Gasteiger partial charge in [-0.15, -0.1) is 11.8 Å². The van der Waals surface area contributed by atoms with Crippen LogP contribution in [-0.2, 0) is 10.0 Å². The molecule has 106 valence electrons. The van der Waals surface area contributed by atoms with Crippen LogP contribution in [-0.4, -0.2) is 14.7 Å². The van der Waals surface area contributed by atoms with E-state index in [0.717, 1.165) is 4.90 Å². The third-order valence-electron chi connectivity index (χ3n) is 2.55. The van der Waals surface area contributed by atoms with Crippen LogP contribution in [0.15, 0.2) is 56.7 Å². The third kappa shape index (κ3) is 3.49. The Morgan fingerprint density at radius 1 is 1.20 bits per heavy atom. The topological polar surface area (TPSA) is 46.2 Å². The fourth-order valence-corrected chi connectivity index (χ4v) is 3.95. The number of halogens is 2. The Kier molecular flexibility index (Phi) is 5.01. The molecule has 0 saturated carbocycles. The molecular formula is C13H11BrClNO2S2. The molecule has 1 N–H and O–H groups in total. The number of hydrogen-bond donors (Lipinski definition) is 1. The highest BCUT2D eigenvalue weighted by Crippen LogP contribution is 2.29. The summed E-state index contributed by atoms with van der Waals surface area (Å²) in [5.41, 5.74) is 0.561. The van der Waals surface area contributed by atoms with Gasteiger partial charge >= 0.3 is 0 Å². The summed E-state index contributed by atoms with van der Waals surface area (Å²) in [5, 5.41) is 0.466. The van der Waals surface area contributed by atoms with Crippen LogP contribution < -0.4 is 4.72 Å². The quantitative estimate of drug-likeness (QED) is 0.772. The molecule has 0 radical (unpaired) electrons. The van der Waals surface area contributed by atoms with E-state index in [1.165, 1.54) is 23.9 Å². The van der Waals surface area contributed by atoms with Crippen LogP contribution in [0, 0.1) is 0 Å². The van der Waals surface area contributed by atoms with E-state index in [2.05, 4.69) is 20.7 Å². The molecule has 0 saturated heterocycles. The van der Waals surface area contributed by atoms with E-state index in [-0.39, 0.29) is 4.90 Å². The Hall–Kier alpha value is -0.690. The molecule has 0 atom stereocenters. The Morgan fingerprint density at radius 3 is 2.55 bits per heavy atom. The summed E-state index contributed by atoms with van der Waals surface area (Å²) in [7, 11) is -3.64. The van der Waals surface area contributed by atoms with Crippen LogP contribution in [0.4, 0.5) is 5.69 Å². The first-order valence-corrected chi connectivity index (χ1v) is 9.43. The molecule has 0 aromatic heterocycles. The summed E-state index contributed by atoms with van der Waals surface area (Å²) in [5.74, 6) is 0. The molecule has 0 heterocycles. The molecule has 20 heavy (non-hydrogen) atoms. The molecule has 7 heteroatoms.